The molecule has 26 heavy (non-hydrogen) atoms. The Morgan fingerprint density at radius 1 is 1.50 bits per heavy atom. The number of non-ortho nitro benzene ring substituents is 1. The summed E-state index contributed by atoms with van der Waals surface area (Å²) in [6.45, 7) is 7.70. The van der Waals surface area contributed by atoms with Crippen molar-refractivity contribution in [3.63, 3.8) is 0 Å². The van der Waals surface area contributed by atoms with E-state index in [4.69, 9.17) is 4.74 Å². The van der Waals surface area contributed by atoms with Gasteiger partial charge in [0.1, 0.15) is 5.60 Å². The number of fused-ring (bicyclic) bond motifs is 1. The second-order valence-electron chi connectivity index (χ2n) is 7.39. The molecule has 3 rings (SSSR count). The molecule has 1 aliphatic rings. The second kappa shape index (κ2) is 7.06. The number of ether oxygens (including phenoxy) is 1. The molecule has 0 saturated carbocycles. The molecule has 1 aromatic heterocycles. The van der Waals surface area contributed by atoms with Gasteiger partial charge in [0, 0.05) is 31.8 Å². The molecule has 1 aromatic carbocycles. The number of carbonyl (C=O) groups is 1. The van der Waals surface area contributed by atoms with Crippen LogP contribution >= 0.6 is 11.3 Å². The first-order chi connectivity index (χ1) is 12.2. The maximum atomic E-state index is 11.8. The number of thiazole rings is 1. The quantitative estimate of drug-likeness (QED) is 0.645. The first-order valence-electron chi connectivity index (χ1n) is 8.48. The van der Waals surface area contributed by atoms with E-state index in [0.717, 1.165) is 29.3 Å². The Bertz CT molecular complexity index is 830. The second-order valence-corrected chi connectivity index (χ2v) is 8.40. The van der Waals surface area contributed by atoms with Crippen LogP contribution in [0.4, 0.5) is 15.6 Å². The normalized spacial score (nSPS) is 17.5. The molecule has 0 aliphatic carbocycles. The van der Waals surface area contributed by atoms with E-state index in [-0.39, 0.29) is 5.69 Å². The summed E-state index contributed by atoms with van der Waals surface area (Å²) in [6, 6.07) is 4.75. The van der Waals surface area contributed by atoms with Gasteiger partial charge in [-0.15, -0.1) is 0 Å². The van der Waals surface area contributed by atoms with Crippen molar-refractivity contribution < 1.29 is 14.5 Å². The van der Waals surface area contributed by atoms with Crippen LogP contribution < -0.4 is 10.2 Å². The van der Waals surface area contributed by atoms with Gasteiger partial charge in [-0.05, 0) is 39.2 Å². The molecular weight excluding hydrogens is 356 g/mol. The monoisotopic (exact) mass is 378 g/mol. The minimum atomic E-state index is -0.505. The molecule has 0 radical (unpaired) electrons. The number of hydrogen-bond acceptors (Lipinski definition) is 7. The fourth-order valence-corrected chi connectivity index (χ4v) is 3.85. The maximum absolute atomic E-state index is 11.8. The fourth-order valence-electron chi connectivity index (χ4n) is 2.87. The smallest absolute Gasteiger partial charge is 0.407 e. The molecule has 1 amide bonds. The molecule has 2 heterocycles. The Balaban J connectivity index is 1.59. The van der Waals surface area contributed by atoms with Gasteiger partial charge in [-0.2, -0.15) is 0 Å². The number of aromatic nitrogens is 1. The van der Waals surface area contributed by atoms with E-state index < -0.39 is 16.6 Å². The lowest BCUT2D eigenvalue weighted by Gasteiger charge is -2.20. The van der Waals surface area contributed by atoms with Crippen LogP contribution in [0.15, 0.2) is 18.2 Å². The summed E-state index contributed by atoms with van der Waals surface area (Å²) >= 11 is 1.53. The Kier molecular flexibility index (Phi) is 4.99. The zero-order chi connectivity index (χ0) is 18.9. The average molecular weight is 378 g/mol. The van der Waals surface area contributed by atoms with Crippen molar-refractivity contribution >= 4 is 38.5 Å². The Labute approximate surface area is 155 Å². The van der Waals surface area contributed by atoms with Crippen LogP contribution in [-0.2, 0) is 4.74 Å². The van der Waals surface area contributed by atoms with Gasteiger partial charge in [0.2, 0.25) is 0 Å². The van der Waals surface area contributed by atoms with Crippen molar-refractivity contribution in [3.8, 4) is 0 Å². The lowest BCUT2D eigenvalue weighted by Crippen LogP contribution is -2.36. The van der Waals surface area contributed by atoms with E-state index in [2.05, 4.69) is 15.2 Å². The van der Waals surface area contributed by atoms with E-state index in [9.17, 15) is 14.9 Å². The highest BCUT2D eigenvalue weighted by Gasteiger charge is 2.26. The summed E-state index contributed by atoms with van der Waals surface area (Å²) in [7, 11) is 0. The van der Waals surface area contributed by atoms with E-state index in [1.54, 1.807) is 6.07 Å². The third-order valence-electron chi connectivity index (χ3n) is 4.06. The maximum Gasteiger partial charge on any atom is 0.407 e. The minimum Gasteiger partial charge on any atom is -0.444 e. The van der Waals surface area contributed by atoms with E-state index in [1.165, 1.54) is 23.5 Å². The molecule has 0 bridgehead atoms. The highest BCUT2D eigenvalue weighted by Crippen LogP contribution is 2.33. The first kappa shape index (κ1) is 18.4. The first-order valence-corrected chi connectivity index (χ1v) is 9.30. The van der Waals surface area contributed by atoms with Gasteiger partial charge in [-0.3, -0.25) is 10.1 Å². The molecule has 8 nitrogen and oxygen atoms in total. The van der Waals surface area contributed by atoms with Crippen LogP contribution in [0.5, 0.6) is 0 Å². The Hall–Kier alpha value is -2.42. The minimum absolute atomic E-state index is 0.0511. The summed E-state index contributed by atoms with van der Waals surface area (Å²) in [6.07, 6.45) is 0.550. The van der Waals surface area contributed by atoms with Gasteiger partial charge in [0.25, 0.3) is 5.69 Å². The molecule has 9 heteroatoms. The van der Waals surface area contributed by atoms with Gasteiger partial charge in [-0.25, -0.2) is 9.78 Å². The van der Waals surface area contributed by atoms with Crippen LogP contribution in [0.25, 0.3) is 10.2 Å². The van der Waals surface area contributed by atoms with Crippen LogP contribution in [0.1, 0.15) is 27.2 Å². The highest BCUT2D eigenvalue weighted by molar-refractivity contribution is 7.22. The van der Waals surface area contributed by atoms with Gasteiger partial charge in [0.15, 0.2) is 5.13 Å². The van der Waals surface area contributed by atoms with Gasteiger partial charge >= 0.3 is 6.09 Å². The summed E-state index contributed by atoms with van der Waals surface area (Å²) in [4.78, 5) is 28.9. The standard InChI is InChI=1S/C17H22N4O4S/c1-17(2,3)25-16(22)18-9-11-6-7-20(10-11)15-19-13-8-12(21(23)24)4-5-14(13)26-15/h4-5,8,11H,6-7,9-10H2,1-3H3,(H,18,22). The summed E-state index contributed by atoms with van der Waals surface area (Å²) in [5.74, 6) is 0.323. The Morgan fingerprint density at radius 2 is 2.27 bits per heavy atom. The number of anilines is 1. The van der Waals surface area contributed by atoms with Gasteiger partial charge in [0.05, 0.1) is 15.1 Å². The zero-order valence-corrected chi connectivity index (χ0v) is 15.8. The van der Waals surface area contributed by atoms with Crippen molar-refractivity contribution in [1.82, 2.24) is 10.3 Å². The van der Waals surface area contributed by atoms with Gasteiger partial charge in [-0.1, -0.05) is 11.3 Å². The molecular formula is C17H22N4O4S. The van der Waals surface area contributed by atoms with E-state index in [1.807, 2.05) is 20.8 Å². The molecule has 140 valence electrons. The number of rotatable bonds is 4. The van der Waals surface area contributed by atoms with Crippen LogP contribution in [0.3, 0.4) is 0 Å². The molecule has 2 aromatic rings. The molecule has 1 fully saturated rings. The number of nitrogens with one attached hydrogen (secondary N) is 1. The SMILES string of the molecule is CC(C)(C)OC(=O)NCC1CCN(c2nc3cc([N+](=O)[O-])ccc3s2)C1. The predicted octanol–water partition coefficient (Wildman–Crippen LogP) is 3.56. The van der Waals surface area contributed by atoms with Crippen molar-refractivity contribution in [2.24, 2.45) is 5.92 Å². The largest absolute Gasteiger partial charge is 0.444 e. The highest BCUT2D eigenvalue weighted by atomic mass is 32.1. The van der Waals surface area contributed by atoms with Crippen LogP contribution in [0, 0.1) is 16.0 Å². The number of amides is 1. The molecule has 1 atom stereocenters. The number of alkyl carbamates (subject to hydrolysis) is 1. The lowest BCUT2D eigenvalue weighted by molar-refractivity contribution is -0.384. The summed E-state index contributed by atoms with van der Waals surface area (Å²) < 4.78 is 6.18. The number of nitro benzene ring substituents is 1. The number of benzene rings is 1. The molecule has 1 saturated heterocycles. The predicted molar refractivity (Wildman–Crippen MR) is 101 cm³/mol. The third kappa shape index (κ3) is 4.40. The van der Waals surface area contributed by atoms with Crippen molar-refractivity contribution in [1.29, 1.82) is 0 Å². The lowest BCUT2D eigenvalue weighted by atomic mass is 10.1. The number of hydrogen-bond donors (Lipinski definition) is 1. The fraction of sp³-hybridized carbons (Fsp3) is 0.529. The Morgan fingerprint density at radius 3 is 2.96 bits per heavy atom. The number of carbonyl (C=O) groups excluding carboxylic acids is 1. The molecule has 1 unspecified atom stereocenters. The third-order valence-corrected chi connectivity index (χ3v) is 5.16. The summed E-state index contributed by atoms with van der Waals surface area (Å²) in [5, 5.41) is 14.6. The zero-order valence-electron chi connectivity index (χ0n) is 15.0. The number of nitro groups is 1. The molecule has 1 N–H and O–H groups in total. The number of nitrogens with zero attached hydrogens (tertiary/aromatic N) is 3. The van der Waals surface area contributed by atoms with Gasteiger partial charge < -0.3 is 15.0 Å². The van der Waals surface area contributed by atoms with Crippen LogP contribution in [-0.4, -0.2) is 41.2 Å². The topological polar surface area (TPSA) is 97.6 Å². The van der Waals surface area contributed by atoms with E-state index in [0.29, 0.717) is 18.0 Å². The molecule has 0 spiro atoms. The van der Waals surface area contributed by atoms with E-state index >= 15 is 0 Å². The van der Waals surface area contributed by atoms with Crippen molar-refractivity contribution in [3.05, 3.63) is 28.3 Å². The summed E-state index contributed by atoms with van der Waals surface area (Å²) in [5.41, 5.74) is 0.194. The molecule has 1 aliphatic heterocycles. The average Bonchev–Trinajstić information content (AvgIpc) is 3.16. The van der Waals surface area contributed by atoms with Crippen molar-refractivity contribution in [2.75, 3.05) is 24.5 Å². The van der Waals surface area contributed by atoms with Crippen LogP contribution in [0.2, 0.25) is 0 Å². The van der Waals surface area contributed by atoms with Crippen molar-refractivity contribution in [2.45, 2.75) is 32.8 Å².